The molecule has 2 aliphatic carbocycles. The van der Waals surface area contributed by atoms with E-state index in [9.17, 15) is 9.18 Å². The van der Waals surface area contributed by atoms with Gasteiger partial charge >= 0.3 is 0 Å². The SMILES string of the molecule is O=C(NNc1ccc(F)cc1)[C@@H]1C[C@@H]2C=C[C@H]1C2. The first-order chi connectivity index (χ1) is 8.72. The van der Waals surface area contributed by atoms with Crippen LogP contribution in [0.2, 0.25) is 0 Å². The van der Waals surface area contributed by atoms with Gasteiger partial charge < -0.3 is 0 Å². The van der Waals surface area contributed by atoms with Gasteiger partial charge in [0.1, 0.15) is 5.82 Å². The molecule has 0 heterocycles. The molecule has 94 valence electrons. The summed E-state index contributed by atoms with van der Waals surface area (Å²) < 4.78 is 12.7. The summed E-state index contributed by atoms with van der Waals surface area (Å²) >= 11 is 0. The number of carbonyl (C=O) groups excluding carboxylic acids is 1. The molecule has 1 saturated carbocycles. The predicted octanol–water partition coefficient (Wildman–Crippen LogP) is 2.48. The molecule has 3 rings (SSSR count). The number of fused-ring (bicyclic) bond motifs is 2. The Hall–Kier alpha value is -1.84. The van der Waals surface area contributed by atoms with Crippen molar-refractivity contribution in [3.8, 4) is 0 Å². The normalized spacial score (nSPS) is 28.4. The topological polar surface area (TPSA) is 41.1 Å². The van der Waals surface area contributed by atoms with Crippen LogP contribution < -0.4 is 10.9 Å². The summed E-state index contributed by atoms with van der Waals surface area (Å²) in [5.41, 5.74) is 6.20. The van der Waals surface area contributed by atoms with E-state index in [2.05, 4.69) is 23.0 Å². The number of amides is 1. The number of hydrogen-bond acceptors (Lipinski definition) is 2. The zero-order valence-electron chi connectivity index (χ0n) is 9.90. The van der Waals surface area contributed by atoms with Crippen molar-refractivity contribution in [1.29, 1.82) is 0 Å². The fourth-order valence-electron chi connectivity index (χ4n) is 2.84. The van der Waals surface area contributed by atoms with Gasteiger partial charge in [0, 0.05) is 5.92 Å². The third-order valence-corrected chi connectivity index (χ3v) is 3.79. The third kappa shape index (κ3) is 2.10. The third-order valence-electron chi connectivity index (χ3n) is 3.79. The van der Waals surface area contributed by atoms with Crippen LogP contribution in [0.4, 0.5) is 10.1 Å². The Bertz CT molecular complexity index is 483. The summed E-state index contributed by atoms with van der Waals surface area (Å²) in [5.74, 6) is 0.788. The molecule has 0 aromatic heterocycles. The Morgan fingerprint density at radius 1 is 1.17 bits per heavy atom. The highest BCUT2D eigenvalue weighted by molar-refractivity contribution is 5.81. The second-order valence-electron chi connectivity index (χ2n) is 5.01. The minimum absolute atomic E-state index is 0.0242. The van der Waals surface area contributed by atoms with E-state index in [4.69, 9.17) is 0 Å². The molecule has 2 bridgehead atoms. The van der Waals surface area contributed by atoms with Crippen LogP contribution in [0.5, 0.6) is 0 Å². The lowest BCUT2D eigenvalue weighted by molar-refractivity contribution is -0.125. The molecular weight excluding hydrogens is 231 g/mol. The Morgan fingerprint density at radius 2 is 1.94 bits per heavy atom. The standard InChI is InChI=1S/C14H15FN2O/c15-11-3-5-12(6-4-11)16-17-14(18)13-8-9-1-2-10(13)7-9/h1-6,9-10,13,16H,7-8H2,(H,17,18)/t9-,10+,13-/m1/s1. The van der Waals surface area contributed by atoms with Gasteiger partial charge in [0.05, 0.1) is 5.69 Å². The van der Waals surface area contributed by atoms with E-state index in [1.807, 2.05) is 0 Å². The summed E-state index contributed by atoms with van der Waals surface area (Å²) in [6, 6.07) is 5.90. The Kier molecular flexibility index (Phi) is 2.78. The second kappa shape index (κ2) is 4.44. The number of carbonyl (C=O) groups is 1. The first-order valence-corrected chi connectivity index (χ1v) is 6.22. The molecule has 2 aliphatic rings. The van der Waals surface area contributed by atoms with Gasteiger partial charge in [0.25, 0.3) is 0 Å². The highest BCUT2D eigenvalue weighted by Crippen LogP contribution is 2.43. The number of allylic oxidation sites excluding steroid dienone is 2. The van der Waals surface area contributed by atoms with Gasteiger partial charge in [-0.15, -0.1) is 0 Å². The van der Waals surface area contributed by atoms with E-state index in [1.165, 1.54) is 12.1 Å². The summed E-state index contributed by atoms with van der Waals surface area (Å²) in [4.78, 5) is 12.0. The summed E-state index contributed by atoms with van der Waals surface area (Å²) in [5, 5.41) is 0. The molecule has 0 unspecified atom stereocenters. The molecule has 1 amide bonds. The first kappa shape index (κ1) is 11.3. The quantitative estimate of drug-likeness (QED) is 0.635. The van der Waals surface area contributed by atoms with Crippen molar-refractivity contribution in [3.63, 3.8) is 0 Å². The maximum atomic E-state index is 12.7. The zero-order valence-corrected chi connectivity index (χ0v) is 9.90. The van der Waals surface area contributed by atoms with E-state index in [0.29, 0.717) is 17.5 Å². The summed E-state index contributed by atoms with van der Waals surface area (Å²) in [7, 11) is 0. The lowest BCUT2D eigenvalue weighted by Crippen LogP contribution is -2.36. The lowest BCUT2D eigenvalue weighted by Gasteiger charge is -2.18. The minimum atomic E-state index is -0.287. The minimum Gasteiger partial charge on any atom is -0.299 e. The van der Waals surface area contributed by atoms with E-state index in [-0.39, 0.29) is 17.6 Å². The van der Waals surface area contributed by atoms with Gasteiger partial charge in [-0.2, -0.15) is 0 Å². The van der Waals surface area contributed by atoms with Crippen molar-refractivity contribution in [1.82, 2.24) is 5.43 Å². The maximum Gasteiger partial charge on any atom is 0.242 e. The summed E-state index contributed by atoms with van der Waals surface area (Å²) in [6.45, 7) is 0. The second-order valence-corrected chi connectivity index (χ2v) is 5.01. The lowest BCUT2D eigenvalue weighted by atomic mass is 9.93. The molecule has 4 heteroatoms. The van der Waals surface area contributed by atoms with Crippen molar-refractivity contribution in [2.24, 2.45) is 17.8 Å². The summed E-state index contributed by atoms with van der Waals surface area (Å²) in [6.07, 6.45) is 6.41. The van der Waals surface area contributed by atoms with Gasteiger partial charge in [-0.25, -0.2) is 4.39 Å². The number of benzene rings is 1. The van der Waals surface area contributed by atoms with Gasteiger partial charge in [-0.1, -0.05) is 12.2 Å². The molecule has 0 saturated heterocycles. The number of anilines is 1. The number of hydrogen-bond donors (Lipinski definition) is 2. The fourth-order valence-corrected chi connectivity index (χ4v) is 2.84. The monoisotopic (exact) mass is 246 g/mol. The van der Waals surface area contributed by atoms with Crippen molar-refractivity contribution >= 4 is 11.6 Å². The van der Waals surface area contributed by atoms with Crippen LogP contribution in [0, 0.1) is 23.6 Å². The van der Waals surface area contributed by atoms with E-state index in [0.717, 1.165) is 12.8 Å². The van der Waals surface area contributed by atoms with Gasteiger partial charge in [0.2, 0.25) is 5.91 Å². The van der Waals surface area contributed by atoms with Crippen LogP contribution in [0.25, 0.3) is 0 Å². The molecule has 0 radical (unpaired) electrons. The number of halogens is 1. The van der Waals surface area contributed by atoms with Gasteiger partial charge in [-0.05, 0) is 48.9 Å². The molecular formula is C14H15FN2O. The van der Waals surface area contributed by atoms with E-state index >= 15 is 0 Å². The number of nitrogens with one attached hydrogen (secondary N) is 2. The van der Waals surface area contributed by atoms with Gasteiger partial charge in [0.15, 0.2) is 0 Å². The highest BCUT2D eigenvalue weighted by atomic mass is 19.1. The predicted molar refractivity (Wildman–Crippen MR) is 67.0 cm³/mol. The van der Waals surface area contributed by atoms with E-state index < -0.39 is 0 Å². The number of hydrazine groups is 1. The van der Waals surface area contributed by atoms with Crippen LogP contribution in [0.3, 0.4) is 0 Å². The molecule has 3 atom stereocenters. The molecule has 1 aromatic carbocycles. The largest absolute Gasteiger partial charge is 0.299 e. The molecule has 1 fully saturated rings. The average Bonchev–Trinajstić information content (AvgIpc) is 3.00. The molecule has 18 heavy (non-hydrogen) atoms. The molecule has 0 aliphatic heterocycles. The van der Waals surface area contributed by atoms with E-state index in [1.54, 1.807) is 12.1 Å². The van der Waals surface area contributed by atoms with Crippen molar-refractivity contribution in [2.75, 3.05) is 5.43 Å². The molecule has 3 nitrogen and oxygen atoms in total. The van der Waals surface area contributed by atoms with Crippen molar-refractivity contribution in [3.05, 3.63) is 42.2 Å². The van der Waals surface area contributed by atoms with Crippen LogP contribution in [-0.4, -0.2) is 5.91 Å². The van der Waals surface area contributed by atoms with Crippen LogP contribution >= 0.6 is 0 Å². The maximum absolute atomic E-state index is 12.7. The Balaban J connectivity index is 1.56. The van der Waals surface area contributed by atoms with Crippen LogP contribution in [0.1, 0.15) is 12.8 Å². The zero-order chi connectivity index (χ0) is 12.5. The fraction of sp³-hybridized carbons (Fsp3) is 0.357. The Labute approximate surface area is 105 Å². The van der Waals surface area contributed by atoms with Gasteiger partial charge in [-0.3, -0.25) is 15.6 Å². The number of rotatable bonds is 3. The molecule has 0 spiro atoms. The molecule has 2 N–H and O–H groups in total. The van der Waals surface area contributed by atoms with Crippen LogP contribution in [-0.2, 0) is 4.79 Å². The first-order valence-electron chi connectivity index (χ1n) is 6.22. The molecule has 1 aromatic rings. The van der Waals surface area contributed by atoms with Crippen molar-refractivity contribution in [2.45, 2.75) is 12.8 Å². The van der Waals surface area contributed by atoms with Crippen LogP contribution in [0.15, 0.2) is 36.4 Å². The average molecular weight is 246 g/mol. The smallest absolute Gasteiger partial charge is 0.242 e. The van der Waals surface area contributed by atoms with Crippen molar-refractivity contribution < 1.29 is 9.18 Å². The highest BCUT2D eigenvalue weighted by Gasteiger charge is 2.39. The Morgan fingerprint density at radius 3 is 2.56 bits per heavy atom.